The minimum atomic E-state index is 0.000911. The van der Waals surface area contributed by atoms with Gasteiger partial charge >= 0.3 is 0 Å². The predicted octanol–water partition coefficient (Wildman–Crippen LogP) is 3.80. The van der Waals surface area contributed by atoms with Gasteiger partial charge in [0, 0.05) is 19.5 Å². The first-order valence-corrected chi connectivity index (χ1v) is 10.4. The van der Waals surface area contributed by atoms with E-state index >= 15 is 0 Å². The molecule has 2 aromatic carbocycles. The Labute approximate surface area is 180 Å². The SMILES string of the molecule is CCN(CC)Cc1cccc(CNC(=O)CCc2ccc(OC)c(OC)c2OC)c1. The van der Waals surface area contributed by atoms with E-state index in [1.807, 2.05) is 18.2 Å². The van der Waals surface area contributed by atoms with Gasteiger partial charge in [-0.2, -0.15) is 0 Å². The van der Waals surface area contributed by atoms with E-state index in [1.165, 1.54) is 5.56 Å². The van der Waals surface area contributed by atoms with Crippen molar-refractivity contribution in [3.8, 4) is 17.2 Å². The molecule has 2 aromatic rings. The molecule has 6 heteroatoms. The van der Waals surface area contributed by atoms with E-state index in [0.717, 1.165) is 30.8 Å². The van der Waals surface area contributed by atoms with Crippen LogP contribution < -0.4 is 19.5 Å². The molecule has 0 saturated carbocycles. The molecular weight excluding hydrogens is 380 g/mol. The standard InChI is InChI=1S/C24H34N2O4/c1-6-26(7-2)17-19-10-8-9-18(15-19)16-25-22(27)14-12-20-11-13-21(28-3)24(30-5)23(20)29-4/h8-11,13,15H,6-7,12,14,16-17H2,1-5H3,(H,25,27). The van der Waals surface area contributed by atoms with Crippen LogP contribution in [0.2, 0.25) is 0 Å². The lowest BCUT2D eigenvalue weighted by Gasteiger charge is -2.18. The van der Waals surface area contributed by atoms with Gasteiger partial charge in [0.25, 0.3) is 0 Å². The highest BCUT2D eigenvalue weighted by atomic mass is 16.5. The molecular formula is C24H34N2O4. The average Bonchev–Trinajstić information content (AvgIpc) is 2.79. The van der Waals surface area contributed by atoms with Gasteiger partial charge in [-0.05, 0) is 42.3 Å². The third-order valence-corrected chi connectivity index (χ3v) is 5.19. The minimum absolute atomic E-state index is 0.000911. The number of hydrogen-bond donors (Lipinski definition) is 1. The molecule has 1 amide bonds. The molecule has 1 N–H and O–H groups in total. The van der Waals surface area contributed by atoms with Gasteiger partial charge in [0.05, 0.1) is 21.3 Å². The first kappa shape index (κ1) is 23.5. The normalized spacial score (nSPS) is 10.7. The number of rotatable bonds is 12. The Morgan fingerprint density at radius 3 is 2.27 bits per heavy atom. The number of methoxy groups -OCH3 is 3. The van der Waals surface area contributed by atoms with Crippen LogP contribution in [-0.4, -0.2) is 45.2 Å². The van der Waals surface area contributed by atoms with E-state index in [4.69, 9.17) is 14.2 Å². The van der Waals surface area contributed by atoms with Crippen molar-refractivity contribution in [3.05, 3.63) is 53.1 Å². The number of nitrogens with one attached hydrogen (secondary N) is 1. The molecule has 0 aromatic heterocycles. The van der Waals surface area contributed by atoms with Crippen LogP contribution in [0.3, 0.4) is 0 Å². The van der Waals surface area contributed by atoms with Crippen LogP contribution in [0.1, 0.15) is 37.0 Å². The van der Waals surface area contributed by atoms with Gasteiger partial charge in [0.15, 0.2) is 11.5 Å². The number of nitrogens with zero attached hydrogens (tertiary/aromatic N) is 1. The van der Waals surface area contributed by atoms with Crippen LogP contribution in [0, 0.1) is 0 Å². The zero-order valence-electron chi connectivity index (χ0n) is 18.8. The van der Waals surface area contributed by atoms with E-state index in [0.29, 0.717) is 36.6 Å². The highest BCUT2D eigenvalue weighted by Gasteiger charge is 2.16. The molecule has 6 nitrogen and oxygen atoms in total. The fourth-order valence-corrected chi connectivity index (χ4v) is 3.44. The summed E-state index contributed by atoms with van der Waals surface area (Å²) < 4.78 is 16.2. The lowest BCUT2D eigenvalue weighted by molar-refractivity contribution is -0.121. The zero-order chi connectivity index (χ0) is 21.9. The van der Waals surface area contributed by atoms with Gasteiger partial charge in [-0.1, -0.05) is 44.2 Å². The first-order valence-electron chi connectivity index (χ1n) is 10.4. The summed E-state index contributed by atoms with van der Waals surface area (Å²) in [5.41, 5.74) is 3.28. The molecule has 0 bridgehead atoms. The molecule has 0 aliphatic carbocycles. The summed E-state index contributed by atoms with van der Waals surface area (Å²) in [5, 5.41) is 3.02. The molecule has 0 atom stereocenters. The molecule has 0 aliphatic heterocycles. The van der Waals surface area contributed by atoms with Crippen LogP contribution in [0.15, 0.2) is 36.4 Å². The summed E-state index contributed by atoms with van der Waals surface area (Å²) in [4.78, 5) is 14.8. The number of hydrogen-bond acceptors (Lipinski definition) is 5. The number of benzene rings is 2. The van der Waals surface area contributed by atoms with Crippen molar-refractivity contribution in [3.63, 3.8) is 0 Å². The first-order chi connectivity index (χ1) is 14.6. The van der Waals surface area contributed by atoms with Crippen molar-refractivity contribution >= 4 is 5.91 Å². The zero-order valence-corrected chi connectivity index (χ0v) is 18.8. The summed E-state index contributed by atoms with van der Waals surface area (Å²) in [6.45, 7) is 7.83. The van der Waals surface area contributed by atoms with Crippen molar-refractivity contribution in [2.45, 2.75) is 39.8 Å². The van der Waals surface area contributed by atoms with Gasteiger partial charge < -0.3 is 19.5 Å². The van der Waals surface area contributed by atoms with Crippen molar-refractivity contribution < 1.29 is 19.0 Å². The predicted molar refractivity (Wildman–Crippen MR) is 119 cm³/mol. The Morgan fingerprint density at radius 1 is 0.933 bits per heavy atom. The number of amides is 1. The van der Waals surface area contributed by atoms with Crippen molar-refractivity contribution in [1.82, 2.24) is 10.2 Å². The molecule has 0 saturated heterocycles. The van der Waals surface area contributed by atoms with E-state index in [2.05, 4.69) is 42.3 Å². The monoisotopic (exact) mass is 414 g/mol. The summed E-state index contributed by atoms with van der Waals surface area (Å²) in [7, 11) is 4.75. The smallest absolute Gasteiger partial charge is 0.220 e. The molecule has 0 radical (unpaired) electrons. The number of ether oxygens (including phenoxy) is 3. The highest BCUT2D eigenvalue weighted by molar-refractivity contribution is 5.76. The topological polar surface area (TPSA) is 60.0 Å². The van der Waals surface area contributed by atoms with Crippen LogP contribution in [0.25, 0.3) is 0 Å². The van der Waals surface area contributed by atoms with Gasteiger partial charge in [0.1, 0.15) is 0 Å². The van der Waals surface area contributed by atoms with Crippen LogP contribution >= 0.6 is 0 Å². The maximum absolute atomic E-state index is 12.4. The molecule has 0 unspecified atom stereocenters. The van der Waals surface area contributed by atoms with E-state index in [9.17, 15) is 4.79 Å². The molecule has 0 aliphatic rings. The van der Waals surface area contributed by atoms with Crippen LogP contribution in [0.5, 0.6) is 17.2 Å². The second-order valence-corrected chi connectivity index (χ2v) is 7.05. The summed E-state index contributed by atoms with van der Waals surface area (Å²) >= 11 is 0. The minimum Gasteiger partial charge on any atom is -0.493 e. The average molecular weight is 415 g/mol. The Morgan fingerprint density at radius 2 is 1.63 bits per heavy atom. The second kappa shape index (κ2) is 12.1. The summed E-state index contributed by atoms with van der Waals surface area (Å²) in [5.74, 6) is 1.75. The fraction of sp³-hybridized carbons (Fsp3) is 0.458. The van der Waals surface area contributed by atoms with Gasteiger partial charge in [0.2, 0.25) is 11.7 Å². The third kappa shape index (κ3) is 6.39. The number of carbonyl (C=O) groups is 1. The Bertz CT molecular complexity index is 819. The molecule has 30 heavy (non-hydrogen) atoms. The largest absolute Gasteiger partial charge is 0.493 e. The maximum atomic E-state index is 12.4. The van der Waals surface area contributed by atoms with E-state index < -0.39 is 0 Å². The van der Waals surface area contributed by atoms with E-state index in [1.54, 1.807) is 21.3 Å². The Balaban J connectivity index is 1.93. The van der Waals surface area contributed by atoms with Crippen molar-refractivity contribution in [1.29, 1.82) is 0 Å². The maximum Gasteiger partial charge on any atom is 0.220 e. The number of aryl methyl sites for hydroxylation is 1. The number of carbonyl (C=O) groups excluding carboxylic acids is 1. The lowest BCUT2D eigenvalue weighted by atomic mass is 10.1. The quantitative estimate of drug-likeness (QED) is 0.572. The van der Waals surface area contributed by atoms with Crippen LogP contribution in [-0.2, 0) is 24.3 Å². The van der Waals surface area contributed by atoms with Gasteiger partial charge in [-0.15, -0.1) is 0 Å². The molecule has 0 heterocycles. The lowest BCUT2D eigenvalue weighted by Crippen LogP contribution is -2.24. The fourth-order valence-electron chi connectivity index (χ4n) is 3.44. The summed E-state index contributed by atoms with van der Waals surface area (Å²) in [6.07, 6.45) is 0.919. The van der Waals surface area contributed by atoms with E-state index in [-0.39, 0.29) is 5.91 Å². The van der Waals surface area contributed by atoms with Crippen molar-refractivity contribution in [2.24, 2.45) is 0 Å². The molecule has 2 rings (SSSR count). The summed E-state index contributed by atoms with van der Waals surface area (Å²) in [6, 6.07) is 12.1. The highest BCUT2D eigenvalue weighted by Crippen LogP contribution is 2.40. The van der Waals surface area contributed by atoms with Gasteiger partial charge in [-0.3, -0.25) is 9.69 Å². The Hall–Kier alpha value is -2.73. The van der Waals surface area contributed by atoms with Gasteiger partial charge in [-0.25, -0.2) is 0 Å². The third-order valence-electron chi connectivity index (χ3n) is 5.19. The van der Waals surface area contributed by atoms with Crippen LogP contribution in [0.4, 0.5) is 0 Å². The van der Waals surface area contributed by atoms with Crippen molar-refractivity contribution in [2.75, 3.05) is 34.4 Å². The Kier molecular flexibility index (Phi) is 9.48. The molecule has 0 fully saturated rings. The molecule has 164 valence electrons. The molecule has 0 spiro atoms. The second-order valence-electron chi connectivity index (χ2n) is 7.05.